The van der Waals surface area contributed by atoms with Gasteiger partial charge in [0.1, 0.15) is 11.6 Å². The van der Waals surface area contributed by atoms with Crippen molar-refractivity contribution in [1.82, 2.24) is 24.3 Å². The molecule has 1 unspecified atom stereocenters. The molecule has 0 bridgehead atoms. The number of hydrogen-bond acceptors (Lipinski definition) is 6. The van der Waals surface area contributed by atoms with Gasteiger partial charge in [0.2, 0.25) is 12.1 Å². The molecule has 0 N–H and O–H groups in total. The van der Waals surface area contributed by atoms with E-state index < -0.39 is 4.92 Å². The molecule has 0 aliphatic carbocycles. The van der Waals surface area contributed by atoms with Gasteiger partial charge in [0.25, 0.3) is 0 Å². The van der Waals surface area contributed by atoms with Crippen LogP contribution < -0.4 is 4.90 Å². The molecule has 1 atom stereocenters. The van der Waals surface area contributed by atoms with Gasteiger partial charge in [-0.15, -0.1) is 10.2 Å². The van der Waals surface area contributed by atoms with Crippen molar-refractivity contribution in [3.8, 4) is 0 Å². The van der Waals surface area contributed by atoms with Crippen LogP contribution in [0.4, 0.5) is 11.6 Å². The highest BCUT2D eigenvalue weighted by Gasteiger charge is 2.32. The lowest BCUT2D eigenvalue weighted by Gasteiger charge is -2.33. The molecule has 25 heavy (non-hydrogen) atoms. The van der Waals surface area contributed by atoms with Crippen LogP contribution >= 0.6 is 0 Å². The topological polar surface area (TPSA) is 94.9 Å². The highest BCUT2D eigenvalue weighted by atomic mass is 16.6. The number of piperidine rings is 1. The number of hydrogen-bond donors (Lipinski definition) is 0. The summed E-state index contributed by atoms with van der Waals surface area (Å²) in [6, 6.07) is 0. The summed E-state index contributed by atoms with van der Waals surface area (Å²) < 4.78 is 4.03. The monoisotopic (exact) mass is 345 g/mol. The quantitative estimate of drug-likeness (QED) is 0.624. The fraction of sp³-hybridized carbons (Fsp3) is 0.688. The Balaban J connectivity index is 1.61. The van der Waals surface area contributed by atoms with E-state index >= 15 is 0 Å². The van der Waals surface area contributed by atoms with Crippen molar-refractivity contribution in [1.29, 1.82) is 0 Å². The second kappa shape index (κ2) is 6.45. The van der Waals surface area contributed by atoms with Crippen molar-refractivity contribution in [2.75, 3.05) is 18.0 Å². The lowest BCUT2D eigenvalue weighted by Crippen LogP contribution is -2.36. The summed E-state index contributed by atoms with van der Waals surface area (Å²) in [6.45, 7) is 2.51. The number of anilines is 1. The molecule has 0 amide bonds. The van der Waals surface area contributed by atoms with Crippen molar-refractivity contribution in [3.63, 3.8) is 0 Å². The van der Waals surface area contributed by atoms with Crippen molar-refractivity contribution >= 4 is 11.6 Å². The first kappa shape index (κ1) is 16.0. The molecule has 4 heterocycles. The summed E-state index contributed by atoms with van der Waals surface area (Å²) in [6.07, 6.45) is 8.12. The molecule has 134 valence electrons. The Kier molecular flexibility index (Phi) is 4.14. The molecular formula is C16H23N7O2. The van der Waals surface area contributed by atoms with Crippen LogP contribution in [-0.4, -0.2) is 42.3 Å². The summed E-state index contributed by atoms with van der Waals surface area (Å²) in [5, 5.41) is 20.2. The van der Waals surface area contributed by atoms with Crippen LogP contribution in [0.25, 0.3) is 0 Å². The zero-order valence-electron chi connectivity index (χ0n) is 14.5. The van der Waals surface area contributed by atoms with E-state index in [9.17, 15) is 10.1 Å². The smallest absolute Gasteiger partial charge is 0.358 e. The molecule has 2 aliphatic rings. The van der Waals surface area contributed by atoms with Crippen LogP contribution in [0.3, 0.4) is 0 Å². The predicted octanol–water partition coefficient (Wildman–Crippen LogP) is 2.03. The van der Waals surface area contributed by atoms with Crippen molar-refractivity contribution in [3.05, 3.63) is 28.1 Å². The van der Waals surface area contributed by atoms with E-state index in [2.05, 4.69) is 24.6 Å². The summed E-state index contributed by atoms with van der Waals surface area (Å²) >= 11 is 0. The number of imidazole rings is 1. The van der Waals surface area contributed by atoms with E-state index in [0.717, 1.165) is 50.5 Å². The summed E-state index contributed by atoms with van der Waals surface area (Å²) in [5.41, 5.74) is 0. The van der Waals surface area contributed by atoms with E-state index in [0.29, 0.717) is 5.82 Å². The molecular weight excluding hydrogens is 322 g/mol. The minimum absolute atomic E-state index is 0.0665. The molecule has 0 saturated carbocycles. The predicted molar refractivity (Wildman–Crippen MR) is 91.6 cm³/mol. The third-order valence-electron chi connectivity index (χ3n) is 5.28. The highest BCUT2D eigenvalue weighted by Crippen LogP contribution is 2.33. The Morgan fingerprint density at radius 1 is 1.20 bits per heavy atom. The van der Waals surface area contributed by atoms with Gasteiger partial charge in [-0.2, -0.15) is 0 Å². The lowest BCUT2D eigenvalue weighted by atomic mass is 9.97. The van der Waals surface area contributed by atoms with Gasteiger partial charge in [0.15, 0.2) is 0 Å². The number of aromatic nitrogens is 5. The Bertz CT molecular complexity index is 782. The third-order valence-corrected chi connectivity index (χ3v) is 5.28. The van der Waals surface area contributed by atoms with Gasteiger partial charge in [0, 0.05) is 39.0 Å². The van der Waals surface area contributed by atoms with Gasteiger partial charge in [0.05, 0.1) is 0 Å². The summed E-state index contributed by atoms with van der Waals surface area (Å²) in [7, 11) is 1.81. The summed E-state index contributed by atoms with van der Waals surface area (Å²) in [5.74, 6) is 2.92. The zero-order valence-corrected chi connectivity index (χ0v) is 14.5. The molecule has 9 heteroatoms. The van der Waals surface area contributed by atoms with Crippen molar-refractivity contribution in [2.45, 2.75) is 51.0 Å². The second-order valence-electron chi connectivity index (χ2n) is 6.98. The lowest BCUT2D eigenvalue weighted by molar-refractivity contribution is -0.388. The van der Waals surface area contributed by atoms with Gasteiger partial charge in [-0.3, -0.25) is 4.57 Å². The Hall–Kier alpha value is -2.45. The average molecular weight is 345 g/mol. The Morgan fingerprint density at radius 3 is 2.92 bits per heavy atom. The second-order valence-corrected chi connectivity index (χ2v) is 6.98. The van der Waals surface area contributed by atoms with Gasteiger partial charge < -0.3 is 19.6 Å². The first-order valence-electron chi connectivity index (χ1n) is 8.98. The standard InChI is InChI=1S/C16H23N7O2/c1-20-11-17-15(23(24)25)16(20)21-8-5-6-12(10-21)14-19-18-13-7-3-2-4-9-22(13)14/h11-12H,2-10H2,1H3. The maximum absolute atomic E-state index is 11.3. The molecule has 0 spiro atoms. The van der Waals surface area contributed by atoms with Gasteiger partial charge >= 0.3 is 5.82 Å². The van der Waals surface area contributed by atoms with E-state index in [1.807, 2.05) is 7.05 Å². The third kappa shape index (κ3) is 2.87. The molecule has 0 aromatic carbocycles. The van der Waals surface area contributed by atoms with E-state index in [1.54, 1.807) is 4.57 Å². The van der Waals surface area contributed by atoms with Crippen LogP contribution in [0, 0.1) is 10.1 Å². The molecule has 2 aromatic heterocycles. The van der Waals surface area contributed by atoms with Crippen molar-refractivity contribution in [2.24, 2.45) is 7.05 Å². The molecule has 1 fully saturated rings. The molecule has 9 nitrogen and oxygen atoms in total. The number of nitro groups is 1. The minimum Gasteiger partial charge on any atom is -0.358 e. The number of aryl methyl sites for hydroxylation is 2. The number of nitrogens with zero attached hydrogens (tertiary/aromatic N) is 7. The zero-order chi connectivity index (χ0) is 17.4. The molecule has 2 aliphatic heterocycles. The van der Waals surface area contributed by atoms with E-state index in [1.165, 1.54) is 25.6 Å². The maximum Gasteiger partial charge on any atom is 0.406 e. The van der Waals surface area contributed by atoms with Gasteiger partial charge in [-0.1, -0.05) is 6.42 Å². The van der Waals surface area contributed by atoms with E-state index in [-0.39, 0.29) is 11.7 Å². The average Bonchev–Trinajstić information content (AvgIpc) is 3.11. The fourth-order valence-electron chi connectivity index (χ4n) is 4.09. The van der Waals surface area contributed by atoms with Crippen LogP contribution in [0.15, 0.2) is 6.33 Å². The molecule has 1 saturated heterocycles. The first-order valence-corrected chi connectivity index (χ1v) is 8.98. The van der Waals surface area contributed by atoms with Crippen LogP contribution in [0.5, 0.6) is 0 Å². The fourth-order valence-corrected chi connectivity index (χ4v) is 4.09. The largest absolute Gasteiger partial charge is 0.406 e. The molecule has 4 rings (SSSR count). The van der Waals surface area contributed by atoms with Crippen LogP contribution in [0.1, 0.15) is 49.7 Å². The Morgan fingerprint density at radius 2 is 2.08 bits per heavy atom. The van der Waals surface area contributed by atoms with E-state index in [4.69, 9.17) is 0 Å². The summed E-state index contributed by atoms with van der Waals surface area (Å²) in [4.78, 5) is 16.9. The maximum atomic E-state index is 11.3. The SMILES string of the molecule is Cn1cnc([N+](=O)[O-])c1N1CCCC(c2nnc3n2CCCCC3)C1. The van der Waals surface area contributed by atoms with Crippen LogP contribution in [0.2, 0.25) is 0 Å². The first-order chi connectivity index (χ1) is 12.1. The van der Waals surface area contributed by atoms with Gasteiger partial charge in [-0.25, -0.2) is 0 Å². The molecule has 2 aromatic rings. The normalized spacial score (nSPS) is 21.0. The van der Waals surface area contributed by atoms with Gasteiger partial charge in [-0.05, 0) is 35.6 Å². The number of fused-ring (bicyclic) bond motifs is 1. The molecule has 0 radical (unpaired) electrons. The van der Waals surface area contributed by atoms with Crippen molar-refractivity contribution < 1.29 is 4.92 Å². The number of rotatable bonds is 3. The van der Waals surface area contributed by atoms with Crippen LogP contribution in [-0.2, 0) is 20.0 Å². The highest BCUT2D eigenvalue weighted by molar-refractivity contribution is 5.55. The Labute approximate surface area is 145 Å². The minimum atomic E-state index is -0.401.